The average molecular weight is 283 g/mol. The highest BCUT2D eigenvalue weighted by molar-refractivity contribution is 9.10. The van der Waals surface area contributed by atoms with E-state index < -0.39 is 5.82 Å². The Labute approximate surface area is 99.6 Å². The standard InChI is InChI=1S/C10H8BrFN4/c11-9-10(14)15-4-7(16-9)5-2-1-3-6(13)8(5)12/h1-4H,13H2,(H2,14,15). The summed E-state index contributed by atoms with van der Waals surface area (Å²) in [7, 11) is 0. The summed E-state index contributed by atoms with van der Waals surface area (Å²) in [5, 5.41) is 0. The van der Waals surface area contributed by atoms with E-state index in [-0.39, 0.29) is 11.5 Å². The Kier molecular flexibility index (Phi) is 2.74. The van der Waals surface area contributed by atoms with Gasteiger partial charge in [-0.2, -0.15) is 0 Å². The van der Waals surface area contributed by atoms with E-state index in [2.05, 4.69) is 25.9 Å². The average Bonchev–Trinajstić information content (AvgIpc) is 2.26. The van der Waals surface area contributed by atoms with E-state index in [0.717, 1.165) is 0 Å². The highest BCUT2D eigenvalue weighted by atomic mass is 79.9. The zero-order valence-corrected chi connectivity index (χ0v) is 9.70. The van der Waals surface area contributed by atoms with Gasteiger partial charge in [0.15, 0.2) is 11.6 Å². The largest absolute Gasteiger partial charge is 0.396 e. The maximum atomic E-state index is 13.7. The summed E-state index contributed by atoms with van der Waals surface area (Å²) in [5.41, 5.74) is 11.7. The number of hydrogen-bond donors (Lipinski definition) is 2. The third-order valence-corrected chi connectivity index (χ3v) is 2.64. The molecule has 0 spiro atoms. The molecular weight excluding hydrogens is 275 g/mol. The second kappa shape index (κ2) is 4.05. The smallest absolute Gasteiger partial charge is 0.156 e. The quantitative estimate of drug-likeness (QED) is 0.786. The third kappa shape index (κ3) is 1.83. The second-order valence-electron chi connectivity index (χ2n) is 3.14. The third-order valence-electron chi connectivity index (χ3n) is 2.06. The summed E-state index contributed by atoms with van der Waals surface area (Å²) >= 11 is 3.13. The van der Waals surface area contributed by atoms with Crippen LogP contribution in [0.15, 0.2) is 29.0 Å². The first-order valence-electron chi connectivity index (χ1n) is 4.42. The first kappa shape index (κ1) is 10.8. The maximum absolute atomic E-state index is 13.7. The summed E-state index contributed by atoms with van der Waals surface area (Å²) in [6.45, 7) is 0. The van der Waals surface area contributed by atoms with Crippen molar-refractivity contribution < 1.29 is 4.39 Å². The molecule has 0 unspecified atom stereocenters. The molecule has 4 nitrogen and oxygen atoms in total. The molecule has 0 amide bonds. The molecular formula is C10H8BrFN4. The first-order valence-corrected chi connectivity index (χ1v) is 5.21. The lowest BCUT2D eigenvalue weighted by atomic mass is 10.1. The molecule has 0 aliphatic rings. The fraction of sp³-hybridized carbons (Fsp3) is 0. The number of aromatic nitrogens is 2. The Morgan fingerprint density at radius 2 is 2.00 bits per heavy atom. The second-order valence-corrected chi connectivity index (χ2v) is 3.89. The van der Waals surface area contributed by atoms with Crippen molar-refractivity contribution >= 4 is 27.4 Å². The van der Waals surface area contributed by atoms with Crippen molar-refractivity contribution in [3.05, 3.63) is 34.8 Å². The maximum Gasteiger partial charge on any atom is 0.156 e. The minimum atomic E-state index is -0.506. The Morgan fingerprint density at radius 1 is 1.25 bits per heavy atom. The molecule has 1 heterocycles. The number of benzene rings is 1. The minimum absolute atomic E-state index is 0.0762. The van der Waals surface area contributed by atoms with Crippen LogP contribution in [0, 0.1) is 5.82 Å². The van der Waals surface area contributed by atoms with Crippen LogP contribution < -0.4 is 11.5 Å². The Hall–Kier alpha value is -1.69. The zero-order valence-electron chi connectivity index (χ0n) is 8.11. The van der Waals surface area contributed by atoms with Crippen LogP contribution in [0.25, 0.3) is 11.3 Å². The predicted molar refractivity (Wildman–Crippen MR) is 64.0 cm³/mol. The fourth-order valence-corrected chi connectivity index (χ4v) is 1.55. The van der Waals surface area contributed by atoms with Gasteiger partial charge >= 0.3 is 0 Å². The lowest BCUT2D eigenvalue weighted by Gasteiger charge is -2.05. The van der Waals surface area contributed by atoms with Crippen molar-refractivity contribution in [1.29, 1.82) is 0 Å². The van der Waals surface area contributed by atoms with Crippen LogP contribution in [0.2, 0.25) is 0 Å². The number of halogens is 2. The van der Waals surface area contributed by atoms with E-state index in [9.17, 15) is 4.39 Å². The van der Waals surface area contributed by atoms with Crippen LogP contribution in [0.1, 0.15) is 0 Å². The van der Waals surface area contributed by atoms with E-state index in [1.165, 1.54) is 12.3 Å². The highest BCUT2D eigenvalue weighted by Crippen LogP contribution is 2.26. The van der Waals surface area contributed by atoms with E-state index >= 15 is 0 Å². The summed E-state index contributed by atoms with van der Waals surface area (Å²) in [6.07, 6.45) is 1.40. The van der Waals surface area contributed by atoms with Crippen molar-refractivity contribution in [2.75, 3.05) is 11.5 Å². The Morgan fingerprint density at radius 3 is 2.69 bits per heavy atom. The van der Waals surface area contributed by atoms with Crippen molar-refractivity contribution in [3.63, 3.8) is 0 Å². The molecule has 82 valence electrons. The van der Waals surface area contributed by atoms with Crippen molar-refractivity contribution in [1.82, 2.24) is 9.97 Å². The van der Waals surface area contributed by atoms with Gasteiger partial charge in [-0.3, -0.25) is 0 Å². The molecule has 0 saturated carbocycles. The van der Waals surface area contributed by atoms with Crippen LogP contribution in [0.5, 0.6) is 0 Å². The van der Waals surface area contributed by atoms with Gasteiger partial charge in [0.25, 0.3) is 0 Å². The summed E-state index contributed by atoms with van der Waals surface area (Å²) in [6, 6.07) is 4.72. The van der Waals surface area contributed by atoms with Gasteiger partial charge in [-0.15, -0.1) is 0 Å². The minimum Gasteiger partial charge on any atom is -0.396 e. The van der Waals surface area contributed by atoms with Crippen LogP contribution in [0.4, 0.5) is 15.9 Å². The van der Waals surface area contributed by atoms with Gasteiger partial charge in [0.2, 0.25) is 0 Å². The van der Waals surface area contributed by atoms with Gasteiger partial charge in [0.05, 0.1) is 17.6 Å². The number of anilines is 2. The van der Waals surface area contributed by atoms with Gasteiger partial charge in [-0.05, 0) is 28.1 Å². The molecule has 0 aliphatic carbocycles. The Bertz CT molecular complexity index is 544. The molecule has 0 radical (unpaired) electrons. The molecule has 2 aromatic rings. The van der Waals surface area contributed by atoms with E-state index in [1.54, 1.807) is 12.1 Å². The summed E-state index contributed by atoms with van der Waals surface area (Å²) in [5.74, 6) is -0.249. The predicted octanol–water partition coefficient (Wildman–Crippen LogP) is 2.21. The molecule has 0 fully saturated rings. The fourth-order valence-electron chi connectivity index (χ4n) is 1.25. The molecule has 6 heteroatoms. The number of hydrogen-bond acceptors (Lipinski definition) is 4. The van der Waals surface area contributed by atoms with E-state index in [1.807, 2.05) is 0 Å². The van der Waals surface area contributed by atoms with Crippen LogP contribution in [0.3, 0.4) is 0 Å². The molecule has 0 aliphatic heterocycles. The first-order chi connectivity index (χ1) is 7.59. The van der Waals surface area contributed by atoms with Gasteiger partial charge < -0.3 is 11.5 Å². The SMILES string of the molecule is Nc1cccc(-c2cnc(N)c(Br)n2)c1F. The normalized spacial score (nSPS) is 10.4. The lowest BCUT2D eigenvalue weighted by molar-refractivity contribution is 0.635. The molecule has 0 atom stereocenters. The van der Waals surface area contributed by atoms with Crippen molar-refractivity contribution in [3.8, 4) is 11.3 Å². The summed E-state index contributed by atoms with van der Waals surface area (Å²) in [4.78, 5) is 7.97. The van der Waals surface area contributed by atoms with Gasteiger partial charge in [0.1, 0.15) is 4.60 Å². The van der Waals surface area contributed by atoms with Crippen LogP contribution in [-0.2, 0) is 0 Å². The van der Waals surface area contributed by atoms with E-state index in [0.29, 0.717) is 15.9 Å². The van der Waals surface area contributed by atoms with Crippen molar-refractivity contribution in [2.45, 2.75) is 0 Å². The molecule has 0 saturated heterocycles. The monoisotopic (exact) mass is 282 g/mol. The van der Waals surface area contributed by atoms with Gasteiger partial charge in [-0.25, -0.2) is 14.4 Å². The number of nitrogen functional groups attached to an aromatic ring is 2. The number of rotatable bonds is 1. The summed E-state index contributed by atoms with van der Waals surface area (Å²) < 4.78 is 14.1. The topological polar surface area (TPSA) is 77.8 Å². The zero-order chi connectivity index (χ0) is 11.7. The highest BCUT2D eigenvalue weighted by Gasteiger charge is 2.10. The van der Waals surface area contributed by atoms with Gasteiger partial charge in [-0.1, -0.05) is 6.07 Å². The van der Waals surface area contributed by atoms with Crippen molar-refractivity contribution in [2.24, 2.45) is 0 Å². The molecule has 1 aromatic heterocycles. The van der Waals surface area contributed by atoms with Crippen LogP contribution in [-0.4, -0.2) is 9.97 Å². The van der Waals surface area contributed by atoms with Crippen LogP contribution >= 0.6 is 15.9 Å². The molecule has 16 heavy (non-hydrogen) atoms. The lowest BCUT2D eigenvalue weighted by Crippen LogP contribution is -1.98. The molecule has 4 N–H and O–H groups in total. The Balaban J connectivity index is 2.59. The molecule has 1 aromatic carbocycles. The molecule has 2 rings (SSSR count). The van der Waals surface area contributed by atoms with E-state index in [4.69, 9.17) is 11.5 Å². The van der Waals surface area contributed by atoms with Gasteiger partial charge in [0, 0.05) is 5.56 Å². The number of nitrogens with zero attached hydrogens (tertiary/aromatic N) is 2. The number of nitrogens with two attached hydrogens (primary N) is 2. The molecule has 0 bridgehead atoms.